The number of nitrogens with one attached hydrogen (secondary N) is 1. The van der Waals surface area contributed by atoms with Crippen LogP contribution >= 0.6 is 27.5 Å². The van der Waals surface area contributed by atoms with E-state index in [1.54, 1.807) is 24.3 Å². The van der Waals surface area contributed by atoms with E-state index in [0.29, 0.717) is 23.6 Å². The van der Waals surface area contributed by atoms with Gasteiger partial charge in [-0.2, -0.15) is 0 Å². The van der Waals surface area contributed by atoms with Crippen molar-refractivity contribution in [2.75, 3.05) is 6.61 Å². The van der Waals surface area contributed by atoms with E-state index in [9.17, 15) is 9.59 Å². The Bertz CT molecular complexity index is 936. The molecule has 1 saturated heterocycles. The number of amides is 1. The van der Waals surface area contributed by atoms with Crippen molar-refractivity contribution < 1.29 is 24.2 Å². The first kappa shape index (κ1) is 22.6. The van der Waals surface area contributed by atoms with E-state index in [2.05, 4.69) is 21.2 Å². The molecule has 2 aromatic carbocycles. The van der Waals surface area contributed by atoms with E-state index in [1.165, 1.54) is 6.92 Å². The first-order chi connectivity index (χ1) is 14.1. The SMILES string of the molecule is CC(=O)N[C@@]1(C)C[C@@H](c2ccc(Cl)cc2)O[C@@H](c2cc(Br)ccc2OCC(=O)O)C1. The van der Waals surface area contributed by atoms with Crippen LogP contribution in [0, 0.1) is 0 Å². The summed E-state index contributed by atoms with van der Waals surface area (Å²) < 4.78 is 12.8. The molecule has 1 aliphatic rings. The number of carboxylic acids is 1. The second-order valence-corrected chi connectivity index (χ2v) is 9.03. The highest BCUT2D eigenvalue weighted by atomic mass is 79.9. The average molecular weight is 497 g/mol. The number of aliphatic carboxylic acids is 1. The number of ether oxygens (including phenoxy) is 2. The fourth-order valence-electron chi connectivity index (χ4n) is 3.82. The summed E-state index contributed by atoms with van der Waals surface area (Å²) in [7, 11) is 0. The quantitative estimate of drug-likeness (QED) is 0.584. The number of hydrogen-bond acceptors (Lipinski definition) is 4. The smallest absolute Gasteiger partial charge is 0.341 e. The second kappa shape index (κ2) is 9.37. The molecule has 1 fully saturated rings. The van der Waals surface area contributed by atoms with Crippen LogP contribution < -0.4 is 10.1 Å². The number of benzene rings is 2. The molecule has 0 radical (unpaired) electrons. The predicted molar refractivity (Wildman–Crippen MR) is 117 cm³/mol. The molecule has 0 aliphatic carbocycles. The Balaban J connectivity index is 1.98. The lowest BCUT2D eigenvalue weighted by molar-refractivity contribution is -0.139. The van der Waals surface area contributed by atoms with Crippen LogP contribution in [0.1, 0.15) is 50.0 Å². The minimum absolute atomic E-state index is 0.121. The third-order valence-corrected chi connectivity index (χ3v) is 5.74. The third-order valence-electron chi connectivity index (χ3n) is 4.99. The molecule has 6 nitrogen and oxygen atoms in total. The molecule has 0 aromatic heterocycles. The second-order valence-electron chi connectivity index (χ2n) is 7.68. The molecular formula is C22H23BrClNO5. The topological polar surface area (TPSA) is 84.9 Å². The van der Waals surface area contributed by atoms with Gasteiger partial charge in [0.25, 0.3) is 0 Å². The molecule has 30 heavy (non-hydrogen) atoms. The standard InChI is InChI=1S/C22H23BrClNO5/c1-13(26)25-22(2)10-19(14-3-6-16(24)7-4-14)30-20(11-22)17-9-15(23)5-8-18(17)29-12-21(27)28/h3-9,19-20H,10-12H2,1-2H3,(H,25,26)(H,27,28)/t19-,20+,22-/m0/s1. The van der Waals surface area contributed by atoms with Crippen molar-refractivity contribution in [1.29, 1.82) is 0 Å². The van der Waals surface area contributed by atoms with Crippen LogP contribution in [0.4, 0.5) is 0 Å². The predicted octanol–water partition coefficient (Wildman–Crippen LogP) is 5.05. The van der Waals surface area contributed by atoms with Crippen molar-refractivity contribution in [3.05, 3.63) is 63.1 Å². The highest BCUT2D eigenvalue weighted by Gasteiger charge is 2.40. The summed E-state index contributed by atoms with van der Waals surface area (Å²) in [6, 6.07) is 12.8. The monoisotopic (exact) mass is 495 g/mol. The first-order valence-electron chi connectivity index (χ1n) is 9.49. The first-order valence-corrected chi connectivity index (χ1v) is 10.7. The van der Waals surface area contributed by atoms with Crippen molar-refractivity contribution in [3.8, 4) is 5.75 Å². The highest BCUT2D eigenvalue weighted by molar-refractivity contribution is 9.10. The van der Waals surface area contributed by atoms with E-state index in [0.717, 1.165) is 15.6 Å². The summed E-state index contributed by atoms with van der Waals surface area (Å²) in [5.74, 6) is -0.743. The van der Waals surface area contributed by atoms with Gasteiger partial charge < -0.3 is 19.9 Å². The lowest BCUT2D eigenvalue weighted by Crippen LogP contribution is -2.50. The number of halogens is 2. The van der Waals surface area contributed by atoms with Gasteiger partial charge in [0, 0.05) is 40.4 Å². The average Bonchev–Trinajstić information content (AvgIpc) is 2.66. The molecule has 0 unspecified atom stereocenters. The molecular weight excluding hydrogens is 474 g/mol. The third kappa shape index (κ3) is 5.74. The molecule has 8 heteroatoms. The van der Waals surface area contributed by atoms with Crippen LogP contribution in [0.3, 0.4) is 0 Å². The van der Waals surface area contributed by atoms with Crippen LogP contribution in [-0.2, 0) is 14.3 Å². The van der Waals surface area contributed by atoms with Crippen LogP contribution in [0.5, 0.6) is 5.75 Å². The highest BCUT2D eigenvalue weighted by Crippen LogP contribution is 2.46. The summed E-state index contributed by atoms with van der Waals surface area (Å²) in [5.41, 5.74) is 1.15. The Labute approximate surface area is 188 Å². The maximum atomic E-state index is 11.9. The summed E-state index contributed by atoms with van der Waals surface area (Å²) in [6.45, 7) is 3.03. The lowest BCUT2D eigenvalue weighted by atomic mass is 9.81. The van der Waals surface area contributed by atoms with E-state index >= 15 is 0 Å². The minimum Gasteiger partial charge on any atom is -0.482 e. The fraction of sp³-hybridized carbons (Fsp3) is 0.364. The van der Waals surface area contributed by atoms with Gasteiger partial charge in [-0.05, 0) is 42.8 Å². The molecule has 0 saturated carbocycles. The van der Waals surface area contributed by atoms with Gasteiger partial charge in [0.1, 0.15) is 5.75 Å². The number of carbonyl (C=O) groups is 2. The largest absolute Gasteiger partial charge is 0.482 e. The Morgan fingerprint density at radius 3 is 2.53 bits per heavy atom. The summed E-state index contributed by atoms with van der Waals surface area (Å²) >= 11 is 9.50. The Morgan fingerprint density at radius 1 is 1.23 bits per heavy atom. The van der Waals surface area contributed by atoms with Crippen molar-refractivity contribution in [1.82, 2.24) is 5.32 Å². The van der Waals surface area contributed by atoms with Gasteiger partial charge in [-0.25, -0.2) is 4.79 Å². The van der Waals surface area contributed by atoms with Crippen LogP contribution in [-0.4, -0.2) is 29.1 Å². The molecule has 1 amide bonds. The number of carboxylic acid groups (broad SMARTS) is 1. The van der Waals surface area contributed by atoms with Gasteiger partial charge in [0.2, 0.25) is 5.91 Å². The minimum atomic E-state index is -1.06. The summed E-state index contributed by atoms with van der Waals surface area (Å²) in [4.78, 5) is 22.9. The van der Waals surface area contributed by atoms with E-state index in [-0.39, 0.29) is 12.0 Å². The van der Waals surface area contributed by atoms with Crippen LogP contribution in [0.15, 0.2) is 46.9 Å². The van der Waals surface area contributed by atoms with Gasteiger partial charge >= 0.3 is 5.97 Å². The Morgan fingerprint density at radius 2 is 1.90 bits per heavy atom. The van der Waals surface area contributed by atoms with Crippen LogP contribution in [0.25, 0.3) is 0 Å². The lowest BCUT2D eigenvalue weighted by Gasteiger charge is -2.43. The van der Waals surface area contributed by atoms with Crippen molar-refractivity contribution in [2.24, 2.45) is 0 Å². The number of carbonyl (C=O) groups excluding carboxylic acids is 1. The van der Waals surface area contributed by atoms with E-state index < -0.39 is 24.2 Å². The van der Waals surface area contributed by atoms with E-state index in [4.69, 9.17) is 26.2 Å². The zero-order valence-electron chi connectivity index (χ0n) is 16.7. The number of rotatable bonds is 6. The van der Waals surface area contributed by atoms with Crippen molar-refractivity contribution in [3.63, 3.8) is 0 Å². The van der Waals surface area contributed by atoms with Gasteiger partial charge in [-0.1, -0.05) is 39.7 Å². The van der Waals surface area contributed by atoms with Crippen molar-refractivity contribution >= 4 is 39.4 Å². The van der Waals surface area contributed by atoms with Gasteiger partial charge in [0.15, 0.2) is 6.61 Å². The Kier molecular flexibility index (Phi) is 7.06. The molecule has 3 rings (SSSR count). The molecule has 160 valence electrons. The molecule has 1 aliphatic heterocycles. The molecule has 1 heterocycles. The molecule has 2 N–H and O–H groups in total. The maximum absolute atomic E-state index is 11.9. The molecule has 2 aromatic rings. The fourth-order valence-corrected chi connectivity index (χ4v) is 4.33. The summed E-state index contributed by atoms with van der Waals surface area (Å²) in [6.07, 6.45) is 0.391. The van der Waals surface area contributed by atoms with Crippen molar-refractivity contribution in [2.45, 2.75) is 44.4 Å². The normalized spacial score (nSPS) is 23.6. The van der Waals surface area contributed by atoms with Crippen LogP contribution in [0.2, 0.25) is 5.02 Å². The Hall–Kier alpha value is -2.09. The van der Waals surface area contributed by atoms with Gasteiger partial charge in [-0.3, -0.25) is 4.79 Å². The molecule has 0 spiro atoms. The number of hydrogen-bond donors (Lipinski definition) is 2. The van der Waals surface area contributed by atoms with E-state index in [1.807, 2.05) is 25.1 Å². The van der Waals surface area contributed by atoms with Gasteiger partial charge in [-0.15, -0.1) is 0 Å². The zero-order chi connectivity index (χ0) is 21.9. The maximum Gasteiger partial charge on any atom is 0.341 e. The summed E-state index contributed by atoms with van der Waals surface area (Å²) in [5, 5.41) is 12.7. The molecule has 3 atom stereocenters. The molecule has 0 bridgehead atoms. The zero-order valence-corrected chi connectivity index (χ0v) is 19.0. The van der Waals surface area contributed by atoms with Gasteiger partial charge in [0.05, 0.1) is 12.2 Å².